The summed E-state index contributed by atoms with van der Waals surface area (Å²) in [4.78, 5) is 12.9. The molecule has 1 aromatic carbocycles. The van der Waals surface area contributed by atoms with Crippen molar-refractivity contribution in [1.82, 2.24) is 15.0 Å². The second-order valence-corrected chi connectivity index (χ2v) is 5.03. The van der Waals surface area contributed by atoms with Gasteiger partial charge in [0.05, 0.1) is 23.5 Å². The number of carboxylic acids is 1. The third-order valence-corrected chi connectivity index (χ3v) is 3.64. The number of hydrogen-bond donors (Lipinski definition) is 1. The van der Waals surface area contributed by atoms with E-state index < -0.39 is 5.97 Å². The molecule has 0 spiro atoms. The van der Waals surface area contributed by atoms with Crippen molar-refractivity contribution >= 4 is 11.7 Å². The normalized spacial score (nSPS) is 14.6. The lowest BCUT2D eigenvalue weighted by Crippen LogP contribution is -2.48. The molecule has 2 heterocycles. The Labute approximate surface area is 121 Å². The summed E-state index contributed by atoms with van der Waals surface area (Å²) < 4.78 is 1.57. The molecule has 1 aliphatic heterocycles. The van der Waals surface area contributed by atoms with Crippen LogP contribution >= 0.6 is 0 Å². The minimum atomic E-state index is -1.08. The van der Waals surface area contributed by atoms with Crippen molar-refractivity contribution in [1.29, 1.82) is 5.26 Å². The minimum absolute atomic E-state index is 0.0537. The second kappa shape index (κ2) is 4.90. The smallest absolute Gasteiger partial charge is 0.358 e. The lowest BCUT2D eigenvalue weighted by Gasteiger charge is -2.41. The molecule has 1 aliphatic rings. The van der Waals surface area contributed by atoms with E-state index in [2.05, 4.69) is 21.3 Å². The Bertz CT molecular complexity index is 740. The van der Waals surface area contributed by atoms with Crippen LogP contribution in [0.15, 0.2) is 24.4 Å². The van der Waals surface area contributed by atoms with Crippen LogP contribution in [-0.2, 0) is 0 Å². The Balaban J connectivity index is 1.77. The molecule has 0 bridgehead atoms. The summed E-state index contributed by atoms with van der Waals surface area (Å²) in [5.41, 5.74) is 2.59. The predicted octanol–water partition coefficient (Wildman–Crippen LogP) is 1.22. The molecule has 0 saturated carbocycles. The van der Waals surface area contributed by atoms with E-state index in [4.69, 9.17) is 5.11 Å². The molecule has 0 amide bonds. The zero-order valence-corrected chi connectivity index (χ0v) is 11.4. The maximum Gasteiger partial charge on any atom is 0.358 e. The van der Waals surface area contributed by atoms with Crippen LogP contribution in [0.5, 0.6) is 0 Å². The summed E-state index contributed by atoms with van der Waals surface area (Å²) in [5.74, 6) is -1.08. The average Bonchev–Trinajstić information content (AvgIpc) is 2.88. The van der Waals surface area contributed by atoms with Crippen molar-refractivity contribution in [2.24, 2.45) is 0 Å². The Hall–Kier alpha value is -2.88. The first-order chi connectivity index (χ1) is 10.1. The van der Waals surface area contributed by atoms with E-state index in [1.165, 1.54) is 6.20 Å². The molecule has 106 valence electrons. The minimum Gasteiger partial charge on any atom is -0.476 e. The van der Waals surface area contributed by atoms with Crippen molar-refractivity contribution in [3.8, 4) is 6.07 Å². The molecule has 0 aliphatic carbocycles. The van der Waals surface area contributed by atoms with Gasteiger partial charge in [0.15, 0.2) is 5.69 Å². The number of rotatable bonds is 3. The fraction of sp³-hybridized carbons (Fsp3) is 0.286. The summed E-state index contributed by atoms with van der Waals surface area (Å²) in [6.07, 6.45) is 1.44. The van der Waals surface area contributed by atoms with E-state index in [-0.39, 0.29) is 11.7 Å². The van der Waals surface area contributed by atoms with Gasteiger partial charge >= 0.3 is 5.97 Å². The molecule has 0 radical (unpaired) electrons. The van der Waals surface area contributed by atoms with E-state index in [1.807, 2.05) is 19.1 Å². The van der Waals surface area contributed by atoms with Gasteiger partial charge in [-0.1, -0.05) is 17.3 Å². The maximum absolute atomic E-state index is 10.8. The van der Waals surface area contributed by atoms with E-state index in [0.717, 1.165) is 11.3 Å². The molecule has 7 nitrogen and oxygen atoms in total. The third-order valence-electron chi connectivity index (χ3n) is 3.64. The molecule has 1 N–H and O–H groups in total. The molecule has 0 atom stereocenters. The van der Waals surface area contributed by atoms with Crippen molar-refractivity contribution in [2.75, 3.05) is 18.0 Å². The SMILES string of the molecule is Cc1cccc(C#N)c1N1CC(n2cc(C(=O)O)nn2)C1. The predicted molar refractivity (Wildman–Crippen MR) is 74.1 cm³/mol. The molecule has 1 saturated heterocycles. The Morgan fingerprint density at radius 3 is 2.86 bits per heavy atom. The van der Waals surface area contributed by atoms with Gasteiger partial charge in [0.2, 0.25) is 0 Å². The van der Waals surface area contributed by atoms with E-state index >= 15 is 0 Å². The molecule has 7 heteroatoms. The summed E-state index contributed by atoms with van der Waals surface area (Å²) in [6, 6.07) is 7.92. The fourth-order valence-corrected chi connectivity index (χ4v) is 2.53. The molecular formula is C14H13N5O2. The number of anilines is 1. The lowest BCUT2D eigenvalue weighted by atomic mass is 10.0. The summed E-state index contributed by atoms with van der Waals surface area (Å²) >= 11 is 0. The first-order valence-corrected chi connectivity index (χ1v) is 6.50. The van der Waals surface area contributed by atoms with Crippen LogP contribution in [0.25, 0.3) is 0 Å². The number of hydrogen-bond acceptors (Lipinski definition) is 5. The van der Waals surface area contributed by atoms with Crippen LogP contribution in [0.1, 0.15) is 27.7 Å². The topological polar surface area (TPSA) is 95.0 Å². The van der Waals surface area contributed by atoms with Crippen LogP contribution in [0.4, 0.5) is 5.69 Å². The monoisotopic (exact) mass is 283 g/mol. The third kappa shape index (κ3) is 2.21. The number of benzene rings is 1. The van der Waals surface area contributed by atoms with Crippen molar-refractivity contribution in [3.05, 3.63) is 41.2 Å². The zero-order chi connectivity index (χ0) is 15.0. The number of nitrogens with zero attached hydrogens (tertiary/aromatic N) is 5. The Morgan fingerprint density at radius 1 is 1.48 bits per heavy atom. The van der Waals surface area contributed by atoms with Gasteiger partial charge in [-0.15, -0.1) is 5.10 Å². The molecule has 0 unspecified atom stereocenters. The Kier molecular flexibility index (Phi) is 3.06. The number of aromatic nitrogens is 3. The van der Waals surface area contributed by atoms with Crippen LogP contribution in [-0.4, -0.2) is 39.2 Å². The van der Waals surface area contributed by atoms with Crippen LogP contribution in [0.2, 0.25) is 0 Å². The quantitative estimate of drug-likeness (QED) is 0.910. The molecular weight excluding hydrogens is 270 g/mol. The molecule has 3 rings (SSSR count). The fourth-order valence-electron chi connectivity index (χ4n) is 2.53. The highest BCUT2D eigenvalue weighted by molar-refractivity contribution is 5.84. The van der Waals surface area contributed by atoms with Crippen LogP contribution in [0.3, 0.4) is 0 Å². The molecule has 1 aromatic heterocycles. The number of carboxylic acid groups (broad SMARTS) is 1. The number of nitriles is 1. The van der Waals surface area contributed by atoms with Crippen molar-refractivity contribution in [3.63, 3.8) is 0 Å². The van der Waals surface area contributed by atoms with E-state index in [0.29, 0.717) is 18.7 Å². The maximum atomic E-state index is 10.8. The average molecular weight is 283 g/mol. The van der Waals surface area contributed by atoms with Crippen LogP contribution in [0, 0.1) is 18.3 Å². The van der Waals surface area contributed by atoms with Gasteiger partial charge in [0.1, 0.15) is 6.07 Å². The Morgan fingerprint density at radius 2 is 2.24 bits per heavy atom. The van der Waals surface area contributed by atoms with Gasteiger partial charge in [-0.3, -0.25) is 0 Å². The number of para-hydroxylation sites is 1. The van der Waals surface area contributed by atoms with Gasteiger partial charge in [-0.2, -0.15) is 5.26 Å². The first-order valence-electron chi connectivity index (χ1n) is 6.50. The highest BCUT2D eigenvalue weighted by Crippen LogP contribution is 2.32. The zero-order valence-electron chi connectivity index (χ0n) is 11.4. The van der Waals surface area contributed by atoms with Crippen molar-refractivity contribution < 1.29 is 9.90 Å². The van der Waals surface area contributed by atoms with E-state index in [9.17, 15) is 10.1 Å². The molecule has 21 heavy (non-hydrogen) atoms. The number of aromatic carboxylic acids is 1. The van der Waals surface area contributed by atoms with Gasteiger partial charge in [-0.05, 0) is 18.6 Å². The summed E-state index contributed by atoms with van der Waals surface area (Å²) in [5, 5.41) is 25.5. The van der Waals surface area contributed by atoms with Gasteiger partial charge < -0.3 is 10.0 Å². The number of aryl methyl sites for hydroxylation is 1. The molecule has 1 fully saturated rings. The van der Waals surface area contributed by atoms with Gasteiger partial charge in [-0.25, -0.2) is 9.48 Å². The first kappa shape index (κ1) is 13.1. The summed E-state index contributed by atoms with van der Waals surface area (Å²) in [7, 11) is 0. The highest BCUT2D eigenvalue weighted by Gasteiger charge is 2.32. The molecule has 2 aromatic rings. The van der Waals surface area contributed by atoms with Crippen molar-refractivity contribution in [2.45, 2.75) is 13.0 Å². The standard InChI is InChI=1S/C14H13N5O2/c1-9-3-2-4-10(5-15)13(9)18-6-11(7-18)19-8-12(14(20)21)16-17-19/h2-4,8,11H,6-7H2,1H3,(H,20,21). The van der Waals surface area contributed by atoms with Gasteiger partial charge in [0, 0.05) is 13.1 Å². The second-order valence-electron chi connectivity index (χ2n) is 5.03. The van der Waals surface area contributed by atoms with E-state index in [1.54, 1.807) is 10.7 Å². The van der Waals surface area contributed by atoms with Crippen LogP contribution < -0.4 is 4.90 Å². The number of carbonyl (C=O) groups is 1. The lowest BCUT2D eigenvalue weighted by molar-refractivity contribution is 0.0690. The highest BCUT2D eigenvalue weighted by atomic mass is 16.4. The largest absolute Gasteiger partial charge is 0.476 e. The van der Waals surface area contributed by atoms with Gasteiger partial charge in [0.25, 0.3) is 0 Å². The summed E-state index contributed by atoms with van der Waals surface area (Å²) in [6.45, 7) is 3.34.